The number of hydrogen-bond donors (Lipinski definition) is 1. The van der Waals surface area contributed by atoms with Gasteiger partial charge >= 0.3 is 5.97 Å². The van der Waals surface area contributed by atoms with Gasteiger partial charge in [0.05, 0.1) is 40.2 Å². The van der Waals surface area contributed by atoms with Gasteiger partial charge in [0.1, 0.15) is 12.4 Å². The second-order valence-electron chi connectivity index (χ2n) is 8.27. The minimum Gasteiger partial charge on any atom is -0.491 e. The van der Waals surface area contributed by atoms with E-state index < -0.39 is 5.97 Å². The first-order valence-electron chi connectivity index (χ1n) is 11.3. The number of rotatable bonds is 6. The summed E-state index contributed by atoms with van der Waals surface area (Å²) in [7, 11) is 0. The highest BCUT2D eigenvalue weighted by Crippen LogP contribution is 2.39. The van der Waals surface area contributed by atoms with E-state index in [0.717, 1.165) is 21.0 Å². The van der Waals surface area contributed by atoms with Gasteiger partial charge in [0.25, 0.3) is 5.56 Å². The molecule has 37 heavy (non-hydrogen) atoms. The number of thiophene rings is 1. The van der Waals surface area contributed by atoms with Gasteiger partial charge in [-0.05, 0) is 35.7 Å². The van der Waals surface area contributed by atoms with Gasteiger partial charge in [-0.3, -0.25) is 9.78 Å². The lowest BCUT2D eigenvalue weighted by atomic mass is 10.0. The smallest absolute Gasteiger partial charge is 0.338 e. The van der Waals surface area contributed by atoms with Crippen LogP contribution in [0.4, 0.5) is 0 Å². The number of aromatic nitrogens is 4. The van der Waals surface area contributed by atoms with Crippen LogP contribution in [0.25, 0.3) is 43.0 Å². The summed E-state index contributed by atoms with van der Waals surface area (Å²) in [4.78, 5) is 29.2. The molecule has 182 valence electrons. The maximum absolute atomic E-state index is 13.3. The Bertz CT molecular complexity index is 1900. The molecule has 0 radical (unpaired) electrons. The molecule has 2 aromatic carbocycles. The summed E-state index contributed by atoms with van der Waals surface area (Å²) in [6, 6.07) is 14.5. The Balaban J connectivity index is 1.37. The number of carbonyl (C=O) groups is 1. The van der Waals surface area contributed by atoms with Crippen molar-refractivity contribution in [2.75, 3.05) is 6.61 Å². The zero-order valence-corrected chi connectivity index (χ0v) is 20.7. The van der Waals surface area contributed by atoms with E-state index in [9.17, 15) is 14.7 Å². The molecule has 0 fully saturated rings. The number of carboxylic acids is 1. The van der Waals surface area contributed by atoms with E-state index in [0.29, 0.717) is 32.8 Å². The Morgan fingerprint density at radius 2 is 1.84 bits per heavy atom. The molecule has 0 atom stereocenters. The first-order valence-corrected chi connectivity index (χ1v) is 12.5. The van der Waals surface area contributed by atoms with Crippen LogP contribution in [0.3, 0.4) is 0 Å². The highest BCUT2D eigenvalue weighted by Gasteiger charge is 2.18. The summed E-state index contributed by atoms with van der Waals surface area (Å²) in [5.74, 6) is -0.476. The van der Waals surface area contributed by atoms with E-state index in [1.165, 1.54) is 11.3 Å². The molecular formula is C27H17ClN4O4S. The topological polar surface area (TPSA) is 107 Å². The molecule has 0 amide bonds. The zero-order valence-electron chi connectivity index (χ0n) is 19.1. The summed E-state index contributed by atoms with van der Waals surface area (Å²) < 4.78 is 8.55. The second kappa shape index (κ2) is 9.27. The van der Waals surface area contributed by atoms with Crippen LogP contribution in [0.1, 0.15) is 10.4 Å². The quantitative estimate of drug-likeness (QED) is 0.278. The summed E-state index contributed by atoms with van der Waals surface area (Å²) in [6.45, 7) is 0.477. The zero-order chi connectivity index (χ0) is 25.5. The average Bonchev–Trinajstić information content (AvgIpc) is 3.36. The van der Waals surface area contributed by atoms with Crippen molar-refractivity contribution >= 4 is 60.8 Å². The highest BCUT2D eigenvalue weighted by molar-refractivity contribution is 7.18. The van der Waals surface area contributed by atoms with Crippen molar-refractivity contribution in [2.24, 2.45) is 0 Å². The second-order valence-corrected chi connectivity index (χ2v) is 9.59. The van der Waals surface area contributed by atoms with Crippen LogP contribution in [0.2, 0.25) is 5.02 Å². The molecule has 0 bridgehead atoms. The summed E-state index contributed by atoms with van der Waals surface area (Å²) in [5, 5.41) is 21.8. The Labute approximate surface area is 218 Å². The fraction of sp³-hybridized carbons (Fsp3) is 0.0741. The Morgan fingerprint density at radius 1 is 1.03 bits per heavy atom. The van der Waals surface area contributed by atoms with Crippen molar-refractivity contribution in [1.29, 1.82) is 0 Å². The lowest BCUT2D eigenvalue weighted by Crippen LogP contribution is -2.24. The van der Waals surface area contributed by atoms with Gasteiger partial charge < -0.3 is 14.4 Å². The molecule has 1 N–H and O–H groups in total. The third-order valence-electron chi connectivity index (χ3n) is 6.18. The molecule has 4 aromatic heterocycles. The molecule has 4 heterocycles. The molecular weight excluding hydrogens is 512 g/mol. The summed E-state index contributed by atoms with van der Waals surface area (Å²) >= 11 is 7.63. The minimum atomic E-state index is -1.03. The molecule has 0 aliphatic carbocycles. The molecule has 6 aromatic rings. The number of hydrogen-bond acceptors (Lipinski definition) is 7. The van der Waals surface area contributed by atoms with Crippen molar-refractivity contribution < 1.29 is 14.6 Å². The number of benzene rings is 2. The van der Waals surface area contributed by atoms with Gasteiger partial charge in [-0.1, -0.05) is 29.8 Å². The molecule has 0 saturated carbocycles. The van der Waals surface area contributed by atoms with Gasteiger partial charge in [-0.2, -0.15) is 10.2 Å². The molecule has 0 unspecified atom stereocenters. The van der Waals surface area contributed by atoms with Crippen LogP contribution in [-0.4, -0.2) is 37.4 Å². The first kappa shape index (κ1) is 23.1. The van der Waals surface area contributed by atoms with E-state index in [1.807, 2.05) is 24.3 Å². The number of aromatic carboxylic acids is 1. The monoisotopic (exact) mass is 528 g/mol. The Morgan fingerprint density at radius 3 is 2.68 bits per heavy atom. The van der Waals surface area contributed by atoms with Crippen LogP contribution >= 0.6 is 22.9 Å². The van der Waals surface area contributed by atoms with E-state index in [-0.39, 0.29) is 24.3 Å². The molecule has 0 aliphatic heterocycles. The van der Waals surface area contributed by atoms with E-state index in [4.69, 9.17) is 16.3 Å². The lowest BCUT2D eigenvalue weighted by Gasteiger charge is -2.15. The fourth-order valence-electron chi connectivity index (χ4n) is 4.50. The third kappa shape index (κ3) is 3.98. The first-order chi connectivity index (χ1) is 18.0. The molecule has 8 nitrogen and oxygen atoms in total. The number of pyridine rings is 2. The standard InChI is InChI=1S/C27H17ClN4O4S/c28-15-5-6-23(19(11-15)17-7-8-29-24-21(27(34)35)14-37-25(17)24)36-10-9-32-22-13-31-30-12-20(22)16-3-1-2-4-18(16)26(32)33/h1-8,11-14H,9-10H2,(H,34,35). The number of halogens is 1. The highest BCUT2D eigenvalue weighted by atomic mass is 35.5. The Kier molecular flexibility index (Phi) is 5.78. The van der Waals surface area contributed by atoms with E-state index in [2.05, 4.69) is 15.2 Å². The SMILES string of the molecule is O=C(O)c1csc2c(-c3cc(Cl)ccc3OCCn3c(=O)c4ccccc4c4cnncc43)ccnc12. The summed E-state index contributed by atoms with van der Waals surface area (Å²) in [6.07, 6.45) is 4.82. The molecule has 0 aliphatic rings. The van der Waals surface area contributed by atoms with Crippen molar-refractivity contribution in [3.63, 3.8) is 0 Å². The Hall–Kier alpha value is -4.34. The largest absolute Gasteiger partial charge is 0.491 e. The summed E-state index contributed by atoms with van der Waals surface area (Å²) in [5.41, 5.74) is 2.58. The van der Waals surface area contributed by atoms with Crippen LogP contribution in [0.5, 0.6) is 5.75 Å². The third-order valence-corrected chi connectivity index (χ3v) is 7.42. The van der Waals surface area contributed by atoms with Crippen molar-refractivity contribution in [3.05, 3.63) is 93.4 Å². The van der Waals surface area contributed by atoms with Gasteiger partial charge in [0.15, 0.2) is 0 Å². The van der Waals surface area contributed by atoms with Crippen molar-refractivity contribution in [2.45, 2.75) is 6.54 Å². The molecule has 0 saturated heterocycles. The number of carboxylic acid groups (broad SMARTS) is 1. The average molecular weight is 529 g/mol. The molecule has 10 heteroatoms. The number of nitrogens with zero attached hydrogens (tertiary/aromatic N) is 4. The van der Waals surface area contributed by atoms with Gasteiger partial charge in [-0.25, -0.2) is 4.79 Å². The van der Waals surface area contributed by atoms with Gasteiger partial charge in [0, 0.05) is 38.5 Å². The molecule has 0 spiro atoms. The predicted molar refractivity (Wildman–Crippen MR) is 144 cm³/mol. The predicted octanol–water partition coefficient (Wildman–Crippen LogP) is 5.65. The van der Waals surface area contributed by atoms with Crippen molar-refractivity contribution in [3.8, 4) is 16.9 Å². The maximum Gasteiger partial charge on any atom is 0.338 e. The van der Waals surface area contributed by atoms with Crippen LogP contribution < -0.4 is 10.3 Å². The van der Waals surface area contributed by atoms with E-state index >= 15 is 0 Å². The van der Waals surface area contributed by atoms with Crippen LogP contribution in [0.15, 0.2) is 77.3 Å². The number of ether oxygens (including phenoxy) is 1. The van der Waals surface area contributed by atoms with Gasteiger partial charge in [0.2, 0.25) is 0 Å². The lowest BCUT2D eigenvalue weighted by molar-refractivity contribution is 0.0699. The normalized spacial score (nSPS) is 11.4. The molecule has 6 rings (SSSR count). The van der Waals surface area contributed by atoms with E-state index in [1.54, 1.807) is 52.8 Å². The van der Waals surface area contributed by atoms with Crippen LogP contribution in [0, 0.1) is 0 Å². The maximum atomic E-state index is 13.3. The van der Waals surface area contributed by atoms with Crippen molar-refractivity contribution in [1.82, 2.24) is 19.7 Å². The van der Waals surface area contributed by atoms with Gasteiger partial charge in [-0.15, -0.1) is 11.3 Å². The fourth-order valence-corrected chi connectivity index (χ4v) is 5.70. The number of fused-ring (bicyclic) bond motifs is 4. The minimum absolute atomic E-state index is 0.133. The van der Waals surface area contributed by atoms with Crippen LogP contribution in [-0.2, 0) is 6.54 Å².